The van der Waals surface area contributed by atoms with E-state index in [2.05, 4.69) is 5.32 Å². The van der Waals surface area contributed by atoms with Gasteiger partial charge < -0.3 is 0 Å². The Hall–Kier alpha value is -1.64. The van der Waals surface area contributed by atoms with Crippen LogP contribution >= 0.6 is 0 Å². The van der Waals surface area contributed by atoms with Crippen LogP contribution < -0.4 is 5.32 Å². The highest BCUT2D eigenvalue weighted by Crippen LogP contribution is 2.18. The Bertz CT molecular complexity index is 410. The van der Waals surface area contributed by atoms with Crippen LogP contribution in [0.5, 0.6) is 0 Å². The van der Waals surface area contributed by atoms with Gasteiger partial charge in [0.25, 0.3) is 11.8 Å². The van der Waals surface area contributed by atoms with Crippen molar-refractivity contribution in [1.82, 2.24) is 5.32 Å². The van der Waals surface area contributed by atoms with Gasteiger partial charge in [-0.15, -0.1) is 0 Å². The van der Waals surface area contributed by atoms with Gasteiger partial charge in [0, 0.05) is 0 Å². The first kappa shape index (κ1) is 8.94. The highest BCUT2D eigenvalue weighted by Gasteiger charge is 2.26. The van der Waals surface area contributed by atoms with Crippen LogP contribution in [0.1, 0.15) is 39.6 Å². The van der Waals surface area contributed by atoms with Crippen LogP contribution in [0.25, 0.3) is 0 Å². The third kappa shape index (κ3) is 1.31. The monoisotopic (exact) mass is 188 g/mol. The first-order chi connectivity index (χ1) is 6.72. The zero-order chi connectivity index (χ0) is 10.1. The number of hydrogen-bond acceptors (Lipinski definition) is 2. The van der Waals surface area contributed by atoms with E-state index in [0.717, 1.165) is 12.0 Å². The van der Waals surface area contributed by atoms with Crippen molar-refractivity contribution in [1.29, 1.82) is 0 Å². The second-order valence-corrected chi connectivity index (χ2v) is 3.20. The Labute approximate surface area is 82.1 Å². The Morgan fingerprint density at radius 2 is 1.93 bits per heavy atom. The summed E-state index contributed by atoms with van der Waals surface area (Å²) in [6.07, 6.45) is 2.92. The molecule has 0 saturated heterocycles. The van der Waals surface area contributed by atoms with Crippen LogP contribution in [0.15, 0.2) is 18.2 Å². The van der Waals surface area contributed by atoms with E-state index in [1.54, 1.807) is 12.1 Å². The van der Waals surface area contributed by atoms with E-state index in [1.165, 1.54) is 0 Å². The molecule has 0 atom stereocenters. The molecule has 1 aromatic rings. The smallest absolute Gasteiger partial charge is 0.258 e. The highest BCUT2D eigenvalue weighted by molar-refractivity contribution is 6.21. The lowest BCUT2D eigenvalue weighted by molar-refractivity contribution is 0.0879. The number of carbonyl (C=O) groups is 2. The predicted octanol–water partition coefficient (Wildman–Crippen LogP) is 1.53. The molecule has 1 heterocycles. The molecule has 0 saturated carbocycles. The van der Waals surface area contributed by atoms with Gasteiger partial charge in [0.15, 0.2) is 0 Å². The summed E-state index contributed by atoms with van der Waals surface area (Å²) in [5.74, 6) is -0.593. The second kappa shape index (κ2) is 3.25. The molecule has 0 aliphatic carbocycles. The molecule has 1 aliphatic heterocycles. The van der Waals surface area contributed by atoms with Crippen LogP contribution in [-0.4, -0.2) is 11.8 Å². The Morgan fingerprint density at radius 3 is 2.64 bits per heavy atom. The van der Waals surface area contributed by atoms with Gasteiger partial charge in [-0.2, -0.15) is 0 Å². The maximum atomic E-state index is 11.3. The lowest BCUT2D eigenvalue weighted by Gasteiger charge is -1.99. The molecule has 0 aromatic heterocycles. The van der Waals surface area contributed by atoms with Crippen molar-refractivity contribution < 1.29 is 9.59 Å². The average Bonchev–Trinajstić information content (AvgIpc) is 2.43. The van der Waals surface area contributed by atoms with Gasteiger partial charge in [-0.3, -0.25) is 14.9 Å². The SMILES string of the molecule is CC[CH]c1ccc2c(c1)C(=O)NC2=O. The van der Waals surface area contributed by atoms with E-state index in [4.69, 9.17) is 0 Å². The molecule has 0 fully saturated rings. The summed E-state index contributed by atoms with van der Waals surface area (Å²) in [6, 6.07) is 5.29. The molecule has 0 bridgehead atoms. The van der Waals surface area contributed by atoms with Gasteiger partial charge in [-0.25, -0.2) is 0 Å². The van der Waals surface area contributed by atoms with E-state index in [-0.39, 0.29) is 11.8 Å². The maximum absolute atomic E-state index is 11.3. The second-order valence-electron chi connectivity index (χ2n) is 3.20. The molecule has 1 radical (unpaired) electrons. The summed E-state index contributed by atoms with van der Waals surface area (Å²) in [5.41, 5.74) is 1.94. The molecule has 71 valence electrons. The summed E-state index contributed by atoms with van der Waals surface area (Å²) in [6.45, 7) is 2.03. The van der Waals surface area contributed by atoms with Crippen molar-refractivity contribution >= 4 is 11.8 Å². The molecular formula is C11H10NO2. The van der Waals surface area contributed by atoms with Crippen LogP contribution in [0.3, 0.4) is 0 Å². The molecule has 3 heteroatoms. The molecule has 3 nitrogen and oxygen atoms in total. The fraction of sp³-hybridized carbons (Fsp3) is 0.182. The molecule has 0 unspecified atom stereocenters. The lowest BCUT2D eigenvalue weighted by Crippen LogP contribution is -2.19. The van der Waals surface area contributed by atoms with Crippen LogP contribution in [-0.2, 0) is 0 Å². The van der Waals surface area contributed by atoms with E-state index in [9.17, 15) is 9.59 Å². The number of rotatable bonds is 2. The molecular weight excluding hydrogens is 178 g/mol. The van der Waals surface area contributed by atoms with Crippen molar-refractivity contribution in [2.45, 2.75) is 13.3 Å². The van der Waals surface area contributed by atoms with Gasteiger partial charge >= 0.3 is 0 Å². The molecule has 2 amide bonds. The minimum atomic E-state index is -0.298. The Morgan fingerprint density at radius 1 is 1.21 bits per heavy atom. The topological polar surface area (TPSA) is 46.2 Å². The minimum Gasteiger partial charge on any atom is -0.288 e. The van der Waals surface area contributed by atoms with E-state index < -0.39 is 0 Å². The van der Waals surface area contributed by atoms with Crippen LogP contribution in [0.4, 0.5) is 0 Å². The molecule has 0 spiro atoms. The number of fused-ring (bicyclic) bond motifs is 1. The minimum absolute atomic E-state index is 0.295. The summed E-state index contributed by atoms with van der Waals surface area (Å²) >= 11 is 0. The highest BCUT2D eigenvalue weighted by atomic mass is 16.2. The Kier molecular flexibility index (Phi) is 2.08. The summed E-state index contributed by atoms with van der Waals surface area (Å²) < 4.78 is 0. The standard InChI is InChI=1S/C11H10NO2/c1-2-3-7-4-5-8-9(6-7)11(14)12-10(8)13/h3-6H,2H2,1H3,(H,12,13,14). The summed E-state index contributed by atoms with van der Waals surface area (Å²) in [5, 5.41) is 2.26. The maximum Gasteiger partial charge on any atom is 0.258 e. The zero-order valence-corrected chi connectivity index (χ0v) is 7.83. The van der Waals surface area contributed by atoms with Crippen molar-refractivity contribution in [2.75, 3.05) is 0 Å². The van der Waals surface area contributed by atoms with Crippen LogP contribution in [0, 0.1) is 6.42 Å². The molecule has 1 aromatic carbocycles. The molecule has 1 aliphatic rings. The summed E-state index contributed by atoms with van der Waals surface area (Å²) in [4.78, 5) is 22.5. The molecule has 2 rings (SSSR count). The third-order valence-electron chi connectivity index (χ3n) is 2.20. The van der Waals surface area contributed by atoms with Crippen molar-refractivity contribution in [3.05, 3.63) is 41.3 Å². The number of carbonyl (C=O) groups excluding carboxylic acids is 2. The predicted molar refractivity (Wildman–Crippen MR) is 51.9 cm³/mol. The van der Waals surface area contributed by atoms with Crippen molar-refractivity contribution in [3.63, 3.8) is 0 Å². The summed E-state index contributed by atoms with van der Waals surface area (Å²) in [7, 11) is 0. The number of nitrogens with one attached hydrogen (secondary N) is 1. The lowest BCUT2D eigenvalue weighted by atomic mass is 10.0. The fourth-order valence-corrected chi connectivity index (χ4v) is 1.55. The van der Waals surface area contributed by atoms with E-state index in [1.807, 2.05) is 19.4 Å². The number of benzene rings is 1. The first-order valence-electron chi connectivity index (χ1n) is 4.55. The van der Waals surface area contributed by atoms with E-state index in [0.29, 0.717) is 11.1 Å². The first-order valence-corrected chi connectivity index (χ1v) is 4.55. The zero-order valence-electron chi connectivity index (χ0n) is 7.83. The van der Waals surface area contributed by atoms with Crippen molar-refractivity contribution in [2.24, 2.45) is 0 Å². The van der Waals surface area contributed by atoms with Gasteiger partial charge in [-0.05, 0) is 30.5 Å². The third-order valence-corrected chi connectivity index (χ3v) is 2.20. The molecule has 14 heavy (non-hydrogen) atoms. The van der Waals surface area contributed by atoms with Crippen molar-refractivity contribution in [3.8, 4) is 0 Å². The van der Waals surface area contributed by atoms with Gasteiger partial charge in [0.1, 0.15) is 0 Å². The number of hydrogen-bond donors (Lipinski definition) is 1. The normalized spacial score (nSPS) is 14.1. The van der Waals surface area contributed by atoms with Crippen LogP contribution in [0.2, 0.25) is 0 Å². The quantitative estimate of drug-likeness (QED) is 0.715. The number of imide groups is 1. The van der Waals surface area contributed by atoms with Gasteiger partial charge in [0.2, 0.25) is 0 Å². The van der Waals surface area contributed by atoms with Gasteiger partial charge in [0.05, 0.1) is 11.1 Å². The average molecular weight is 188 g/mol. The number of amides is 2. The van der Waals surface area contributed by atoms with E-state index >= 15 is 0 Å². The molecule has 1 N–H and O–H groups in total. The Balaban J connectivity index is 2.44. The largest absolute Gasteiger partial charge is 0.288 e. The van der Waals surface area contributed by atoms with Gasteiger partial charge in [-0.1, -0.05) is 13.0 Å². The fourth-order valence-electron chi connectivity index (χ4n) is 1.55.